The summed E-state index contributed by atoms with van der Waals surface area (Å²) in [4.78, 5) is 13.0. The fraction of sp³-hybridized carbons (Fsp3) is 0.542. The van der Waals surface area contributed by atoms with Crippen LogP contribution < -0.4 is 0 Å². The standard InChI is InChI=1S/C24H32O4/c1-5-22(2)20(18-26-17-19-9-7-6-8-10-19)11-12-21(25)23(22,3)13-14-24(4)27-15-16-28-24/h5-10,13-14,20H,1,11-12,15-18H2,2-4H3/b14-13+/t20-,22-,23-/m0/s1. The first kappa shape index (κ1) is 21.0. The summed E-state index contributed by atoms with van der Waals surface area (Å²) in [5.41, 5.74) is 0.0668. The van der Waals surface area contributed by atoms with Crippen molar-refractivity contribution in [2.24, 2.45) is 16.7 Å². The van der Waals surface area contributed by atoms with Gasteiger partial charge in [0.2, 0.25) is 0 Å². The summed E-state index contributed by atoms with van der Waals surface area (Å²) in [7, 11) is 0. The predicted octanol–water partition coefficient (Wildman–Crippen LogP) is 4.70. The number of benzene rings is 1. The van der Waals surface area contributed by atoms with E-state index in [1.54, 1.807) is 0 Å². The molecule has 1 heterocycles. The second-order valence-corrected chi connectivity index (χ2v) is 8.39. The van der Waals surface area contributed by atoms with E-state index in [1.807, 2.05) is 50.3 Å². The normalized spacial score (nSPS) is 32.7. The zero-order valence-electron chi connectivity index (χ0n) is 17.3. The van der Waals surface area contributed by atoms with Crippen molar-refractivity contribution in [1.29, 1.82) is 0 Å². The van der Waals surface area contributed by atoms with E-state index in [0.29, 0.717) is 32.8 Å². The van der Waals surface area contributed by atoms with Crippen LogP contribution in [-0.4, -0.2) is 31.4 Å². The van der Waals surface area contributed by atoms with Crippen LogP contribution in [0.2, 0.25) is 0 Å². The summed E-state index contributed by atoms with van der Waals surface area (Å²) in [6.45, 7) is 12.4. The molecule has 1 saturated heterocycles. The van der Waals surface area contributed by atoms with Gasteiger partial charge in [0.05, 0.1) is 31.8 Å². The first-order chi connectivity index (χ1) is 13.3. The molecule has 4 heteroatoms. The Morgan fingerprint density at radius 3 is 2.46 bits per heavy atom. The molecule has 0 N–H and O–H groups in total. The highest BCUT2D eigenvalue weighted by Gasteiger charge is 2.53. The Labute approximate surface area is 168 Å². The van der Waals surface area contributed by atoms with Crippen LogP contribution >= 0.6 is 0 Å². The van der Waals surface area contributed by atoms with E-state index in [9.17, 15) is 4.79 Å². The van der Waals surface area contributed by atoms with Crippen LogP contribution in [0.4, 0.5) is 0 Å². The van der Waals surface area contributed by atoms with Crippen LogP contribution in [0.25, 0.3) is 0 Å². The highest BCUT2D eigenvalue weighted by atomic mass is 16.7. The Kier molecular flexibility index (Phi) is 6.23. The average Bonchev–Trinajstić information content (AvgIpc) is 3.14. The Morgan fingerprint density at radius 1 is 1.14 bits per heavy atom. The third-order valence-corrected chi connectivity index (χ3v) is 6.70. The van der Waals surface area contributed by atoms with E-state index in [0.717, 1.165) is 12.0 Å². The van der Waals surface area contributed by atoms with Gasteiger partial charge in [-0.3, -0.25) is 4.79 Å². The van der Waals surface area contributed by atoms with Crippen LogP contribution in [0.15, 0.2) is 55.1 Å². The van der Waals surface area contributed by atoms with Crippen molar-refractivity contribution < 1.29 is 19.0 Å². The maximum atomic E-state index is 13.0. The molecule has 0 spiro atoms. The summed E-state index contributed by atoms with van der Waals surface area (Å²) in [6.07, 6.45) is 7.16. The molecule has 4 nitrogen and oxygen atoms in total. The molecule has 1 saturated carbocycles. The van der Waals surface area contributed by atoms with Crippen molar-refractivity contribution in [3.8, 4) is 0 Å². The number of ketones is 1. The van der Waals surface area contributed by atoms with E-state index in [-0.39, 0.29) is 11.7 Å². The van der Waals surface area contributed by atoms with E-state index in [4.69, 9.17) is 14.2 Å². The minimum absolute atomic E-state index is 0.208. The van der Waals surface area contributed by atoms with Crippen LogP contribution in [-0.2, 0) is 25.6 Å². The summed E-state index contributed by atoms with van der Waals surface area (Å²) in [6, 6.07) is 10.2. The molecule has 2 fully saturated rings. The highest BCUT2D eigenvalue weighted by molar-refractivity contribution is 5.88. The lowest BCUT2D eigenvalue weighted by molar-refractivity contribution is -0.139. The lowest BCUT2D eigenvalue weighted by Gasteiger charge is -2.50. The second kappa shape index (κ2) is 8.32. The number of carbonyl (C=O) groups excluding carboxylic acids is 1. The maximum absolute atomic E-state index is 13.0. The summed E-state index contributed by atoms with van der Waals surface area (Å²) >= 11 is 0. The Balaban J connectivity index is 1.76. The molecular weight excluding hydrogens is 352 g/mol. The summed E-state index contributed by atoms with van der Waals surface area (Å²) in [5, 5.41) is 0. The zero-order chi connectivity index (χ0) is 20.3. The number of ether oxygens (including phenoxy) is 3. The van der Waals surface area contributed by atoms with Crippen molar-refractivity contribution in [3.63, 3.8) is 0 Å². The largest absolute Gasteiger partial charge is 0.376 e. The van der Waals surface area contributed by atoms with Gasteiger partial charge < -0.3 is 14.2 Å². The number of Topliss-reactive ketones (excluding diaryl/α,β-unsaturated/α-hetero) is 1. The van der Waals surface area contributed by atoms with Gasteiger partial charge in [-0.15, -0.1) is 6.58 Å². The summed E-state index contributed by atoms with van der Waals surface area (Å²) in [5.74, 6) is -0.325. The average molecular weight is 385 g/mol. The van der Waals surface area contributed by atoms with Crippen molar-refractivity contribution in [2.75, 3.05) is 19.8 Å². The van der Waals surface area contributed by atoms with Gasteiger partial charge >= 0.3 is 0 Å². The first-order valence-electron chi connectivity index (χ1n) is 10.1. The van der Waals surface area contributed by atoms with E-state index >= 15 is 0 Å². The van der Waals surface area contributed by atoms with Crippen LogP contribution in [0, 0.1) is 16.7 Å². The van der Waals surface area contributed by atoms with Gasteiger partial charge in [0.15, 0.2) is 5.79 Å². The fourth-order valence-electron chi connectivity index (χ4n) is 4.33. The fourth-order valence-corrected chi connectivity index (χ4v) is 4.33. The molecule has 3 rings (SSSR count). The molecule has 1 aliphatic heterocycles. The second-order valence-electron chi connectivity index (χ2n) is 8.39. The smallest absolute Gasteiger partial charge is 0.185 e. The van der Waals surface area contributed by atoms with Crippen LogP contribution in [0.5, 0.6) is 0 Å². The number of hydrogen-bond acceptors (Lipinski definition) is 4. The molecule has 0 amide bonds. The molecule has 0 aromatic heterocycles. The molecule has 0 bridgehead atoms. The third-order valence-electron chi connectivity index (χ3n) is 6.70. The van der Waals surface area contributed by atoms with E-state index < -0.39 is 16.6 Å². The lowest BCUT2D eigenvalue weighted by atomic mass is 9.52. The monoisotopic (exact) mass is 384 g/mol. The SMILES string of the molecule is C=C[C@@]1(C)[C@H](COCc2ccccc2)CCC(=O)[C@]1(C)/C=C/C1(C)OCCO1. The molecule has 28 heavy (non-hydrogen) atoms. The molecule has 0 unspecified atom stereocenters. The molecule has 1 aromatic carbocycles. The Hall–Kier alpha value is -1.75. The maximum Gasteiger partial charge on any atom is 0.185 e. The number of allylic oxidation sites excluding steroid dienone is 2. The van der Waals surface area contributed by atoms with Crippen molar-refractivity contribution in [3.05, 3.63) is 60.7 Å². The molecule has 0 radical (unpaired) electrons. The molecule has 2 aliphatic rings. The van der Waals surface area contributed by atoms with Gasteiger partial charge in [0.25, 0.3) is 0 Å². The minimum atomic E-state index is -0.762. The predicted molar refractivity (Wildman–Crippen MR) is 110 cm³/mol. The minimum Gasteiger partial charge on any atom is -0.376 e. The molecule has 1 aliphatic carbocycles. The lowest BCUT2D eigenvalue weighted by Crippen LogP contribution is -2.51. The first-order valence-corrected chi connectivity index (χ1v) is 10.1. The van der Waals surface area contributed by atoms with E-state index in [2.05, 4.69) is 25.6 Å². The Morgan fingerprint density at radius 2 is 1.82 bits per heavy atom. The molecule has 152 valence electrons. The van der Waals surface area contributed by atoms with Crippen molar-refractivity contribution in [2.45, 2.75) is 46.0 Å². The van der Waals surface area contributed by atoms with Gasteiger partial charge in [0.1, 0.15) is 5.78 Å². The Bertz CT molecular complexity index is 719. The van der Waals surface area contributed by atoms with Crippen LogP contribution in [0.1, 0.15) is 39.2 Å². The van der Waals surface area contributed by atoms with E-state index in [1.165, 1.54) is 0 Å². The van der Waals surface area contributed by atoms with Crippen LogP contribution in [0.3, 0.4) is 0 Å². The third kappa shape index (κ3) is 4.00. The molecular formula is C24H32O4. The number of carbonyl (C=O) groups is 1. The summed E-state index contributed by atoms with van der Waals surface area (Å²) < 4.78 is 17.4. The van der Waals surface area contributed by atoms with Gasteiger partial charge in [-0.2, -0.15) is 0 Å². The zero-order valence-corrected chi connectivity index (χ0v) is 17.3. The van der Waals surface area contributed by atoms with Gasteiger partial charge in [-0.1, -0.05) is 49.4 Å². The van der Waals surface area contributed by atoms with Crippen molar-refractivity contribution in [1.82, 2.24) is 0 Å². The van der Waals surface area contributed by atoms with Gasteiger partial charge in [-0.05, 0) is 37.8 Å². The van der Waals surface area contributed by atoms with Gasteiger partial charge in [-0.25, -0.2) is 0 Å². The van der Waals surface area contributed by atoms with Crippen molar-refractivity contribution >= 4 is 5.78 Å². The highest BCUT2D eigenvalue weighted by Crippen LogP contribution is 2.54. The molecule has 3 atom stereocenters. The quantitative estimate of drug-likeness (QED) is 0.639. The number of rotatable bonds is 7. The topological polar surface area (TPSA) is 44.8 Å². The number of hydrogen-bond donors (Lipinski definition) is 0. The molecule has 1 aromatic rings. The van der Waals surface area contributed by atoms with Gasteiger partial charge in [0, 0.05) is 11.8 Å².